The molecule has 1 atom stereocenters. The van der Waals surface area contributed by atoms with Crippen molar-refractivity contribution in [1.82, 2.24) is 25.0 Å². The first kappa shape index (κ1) is 16.7. The number of piperidine rings is 1. The maximum atomic E-state index is 12.7. The molecule has 2 aromatic rings. The number of aromatic nitrogens is 3. The van der Waals surface area contributed by atoms with E-state index in [1.54, 1.807) is 16.2 Å². The van der Waals surface area contributed by atoms with Gasteiger partial charge in [-0.2, -0.15) is 5.10 Å². The molecule has 1 unspecified atom stereocenters. The minimum absolute atomic E-state index is 0.0318. The Morgan fingerprint density at radius 3 is 3.08 bits per heavy atom. The number of aryl methyl sites for hydroxylation is 2. The Balaban J connectivity index is 1.41. The molecule has 1 saturated heterocycles. The van der Waals surface area contributed by atoms with Crippen molar-refractivity contribution in [2.75, 3.05) is 20.1 Å². The van der Waals surface area contributed by atoms with E-state index in [9.17, 15) is 4.79 Å². The summed E-state index contributed by atoms with van der Waals surface area (Å²) in [6, 6.07) is 2.19. The number of amides is 1. The van der Waals surface area contributed by atoms with Crippen LogP contribution in [0.25, 0.3) is 0 Å². The average Bonchev–Trinajstić information content (AvgIpc) is 3.28. The molecule has 2 aliphatic rings. The van der Waals surface area contributed by atoms with Gasteiger partial charge in [-0.25, -0.2) is 4.98 Å². The van der Waals surface area contributed by atoms with Crippen LogP contribution in [-0.4, -0.2) is 45.7 Å². The van der Waals surface area contributed by atoms with Crippen LogP contribution in [0.1, 0.15) is 57.8 Å². The molecule has 1 aliphatic heterocycles. The van der Waals surface area contributed by atoms with Crippen molar-refractivity contribution in [3.63, 3.8) is 0 Å². The van der Waals surface area contributed by atoms with Gasteiger partial charge in [0.15, 0.2) is 0 Å². The van der Waals surface area contributed by atoms with E-state index < -0.39 is 0 Å². The summed E-state index contributed by atoms with van der Waals surface area (Å²) in [6.45, 7) is 2.56. The lowest BCUT2D eigenvalue weighted by Gasteiger charge is -2.23. The molecule has 1 N–H and O–H groups in total. The van der Waals surface area contributed by atoms with Crippen molar-refractivity contribution in [3.8, 4) is 0 Å². The molecule has 134 valence electrons. The minimum atomic E-state index is -0.0318. The third kappa shape index (κ3) is 3.62. The normalized spacial score (nSPS) is 20.3. The number of carbonyl (C=O) groups is 1. The molecule has 3 heterocycles. The zero-order valence-electron chi connectivity index (χ0n) is 14.7. The Hall–Kier alpha value is -1.73. The highest BCUT2D eigenvalue weighted by Gasteiger charge is 2.21. The van der Waals surface area contributed by atoms with E-state index in [0.29, 0.717) is 18.3 Å². The van der Waals surface area contributed by atoms with Crippen molar-refractivity contribution in [3.05, 3.63) is 33.5 Å². The van der Waals surface area contributed by atoms with Crippen molar-refractivity contribution >= 4 is 17.2 Å². The van der Waals surface area contributed by atoms with Gasteiger partial charge in [0.1, 0.15) is 10.7 Å². The predicted molar refractivity (Wildman–Crippen MR) is 97.9 cm³/mol. The molecular weight excluding hydrogens is 334 g/mol. The van der Waals surface area contributed by atoms with E-state index in [0.717, 1.165) is 43.8 Å². The van der Waals surface area contributed by atoms with Gasteiger partial charge in [0.05, 0.1) is 18.3 Å². The van der Waals surface area contributed by atoms with Gasteiger partial charge < -0.3 is 10.2 Å². The van der Waals surface area contributed by atoms with E-state index in [1.165, 1.54) is 23.4 Å². The molecule has 0 radical (unpaired) electrons. The number of hydrogen-bond donors (Lipinski definition) is 1. The van der Waals surface area contributed by atoms with Gasteiger partial charge in [-0.1, -0.05) is 0 Å². The molecule has 0 aromatic carbocycles. The Bertz CT molecular complexity index is 723. The number of thiazole rings is 1. The molecule has 6 nitrogen and oxygen atoms in total. The molecule has 7 heteroatoms. The van der Waals surface area contributed by atoms with Crippen LogP contribution < -0.4 is 5.32 Å². The zero-order chi connectivity index (χ0) is 17.2. The lowest BCUT2D eigenvalue weighted by Crippen LogP contribution is -2.32. The van der Waals surface area contributed by atoms with E-state index in [-0.39, 0.29) is 5.91 Å². The van der Waals surface area contributed by atoms with Gasteiger partial charge in [-0.15, -0.1) is 11.3 Å². The fourth-order valence-corrected chi connectivity index (χ4v) is 4.87. The summed E-state index contributed by atoms with van der Waals surface area (Å²) in [6.07, 6.45) is 8.93. The first-order valence-corrected chi connectivity index (χ1v) is 10.0. The van der Waals surface area contributed by atoms with Crippen molar-refractivity contribution in [2.45, 2.75) is 51.1 Å². The molecule has 1 aliphatic carbocycles. The molecule has 1 amide bonds. The van der Waals surface area contributed by atoms with Crippen LogP contribution in [0.2, 0.25) is 0 Å². The summed E-state index contributed by atoms with van der Waals surface area (Å²) >= 11 is 1.77. The smallest absolute Gasteiger partial charge is 0.274 e. The highest BCUT2D eigenvalue weighted by atomic mass is 32.1. The molecule has 0 bridgehead atoms. The number of hydrogen-bond acceptors (Lipinski definition) is 5. The summed E-state index contributed by atoms with van der Waals surface area (Å²) in [7, 11) is 1.84. The molecule has 25 heavy (non-hydrogen) atoms. The van der Waals surface area contributed by atoms with Gasteiger partial charge in [-0.3, -0.25) is 9.48 Å². The summed E-state index contributed by atoms with van der Waals surface area (Å²) in [4.78, 5) is 20.6. The van der Waals surface area contributed by atoms with Gasteiger partial charge in [0.25, 0.3) is 5.91 Å². The van der Waals surface area contributed by atoms with Crippen LogP contribution in [0.3, 0.4) is 0 Å². The quantitative estimate of drug-likeness (QED) is 0.911. The Labute approximate surface area is 152 Å². The van der Waals surface area contributed by atoms with Crippen molar-refractivity contribution < 1.29 is 4.79 Å². The third-order valence-corrected chi connectivity index (χ3v) is 6.22. The van der Waals surface area contributed by atoms with Gasteiger partial charge in [-0.05, 0) is 51.1 Å². The Morgan fingerprint density at radius 2 is 2.28 bits per heavy atom. The first-order chi connectivity index (χ1) is 12.2. The van der Waals surface area contributed by atoms with Crippen LogP contribution in [-0.2, 0) is 19.4 Å². The number of rotatable bonds is 4. The number of fused-ring (bicyclic) bond motifs is 1. The Morgan fingerprint density at radius 1 is 1.40 bits per heavy atom. The molecular formula is C18H25N5OS. The zero-order valence-corrected chi connectivity index (χ0v) is 15.5. The maximum absolute atomic E-state index is 12.7. The second-order valence-electron chi connectivity index (χ2n) is 7.03. The largest absolute Gasteiger partial charge is 0.334 e. The van der Waals surface area contributed by atoms with Gasteiger partial charge in [0.2, 0.25) is 0 Å². The molecule has 0 saturated carbocycles. The number of nitrogens with zero attached hydrogens (tertiary/aromatic N) is 4. The van der Waals surface area contributed by atoms with Crippen LogP contribution in [0.4, 0.5) is 0 Å². The van der Waals surface area contributed by atoms with E-state index in [2.05, 4.69) is 10.4 Å². The first-order valence-electron chi connectivity index (χ1n) is 9.19. The fourth-order valence-electron chi connectivity index (χ4n) is 3.66. The lowest BCUT2D eigenvalue weighted by molar-refractivity contribution is 0.0777. The fraction of sp³-hybridized carbons (Fsp3) is 0.611. The van der Waals surface area contributed by atoms with Crippen molar-refractivity contribution in [1.29, 1.82) is 0 Å². The van der Waals surface area contributed by atoms with Crippen molar-refractivity contribution in [2.24, 2.45) is 0 Å². The van der Waals surface area contributed by atoms with Crippen LogP contribution in [0.5, 0.6) is 0 Å². The maximum Gasteiger partial charge on any atom is 0.274 e. The Kier molecular flexibility index (Phi) is 4.85. The number of nitrogens with one attached hydrogen (secondary N) is 1. The SMILES string of the molecule is CN(Cc1nc2c(s1)CCCC2)C(=O)c1ccn(C2CCCNC2)n1. The summed E-state index contributed by atoms with van der Waals surface area (Å²) in [5, 5.41) is 8.96. The average molecular weight is 359 g/mol. The molecule has 0 spiro atoms. The highest BCUT2D eigenvalue weighted by Crippen LogP contribution is 2.27. The van der Waals surface area contributed by atoms with Gasteiger partial charge in [0, 0.05) is 24.7 Å². The third-order valence-electron chi connectivity index (χ3n) is 5.08. The monoisotopic (exact) mass is 359 g/mol. The second-order valence-corrected chi connectivity index (χ2v) is 8.20. The molecule has 1 fully saturated rings. The summed E-state index contributed by atoms with van der Waals surface area (Å²) in [5.74, 6) is -0.0318. The topological polar surface area (TPSA) is 63.1 Å². The minimum Gasteiger partial charge on any atom is -0.334 e. The van der Waals surface area contributed by atoms with Crippen LogP contribution >= 0.6 is 11.3 Å². The second kappa shape index (κ2) is 7.25. The predicted octanol–water partition coefficient (Wildman–Crippen LogP) is 2.42. The van der Waals surface area contributed by atoms with E-state index >= 15 is 0 Å². The van der Waals surface area contributed by atoms with Gasteiger partial charge >= 0.3 is 0 Å². The molecule has 4 rings (SSSR count). The van der Waals surface area contributed by atoms with Crippen LogP contribution in [0.15, 0.2) is 12.3 Å². The number of carbonyl (C=O) groups excluding carboxylic acids is 1. The van der Waals surface area contributed by atoms with Crippen LogP contribution in [0, 0.1) is 0 Å². The summed E-state index contributed by atoms with van der Waals surface area (Å²) in [5.41, 5.74) is 1.77. The standard InChI is InChI=1S/C18H25N5OS/c1-22(12-17-20-14-6-2-3-7-16(14)25-17)18(24)15-8-10-23(21-15)13-5-4-9-19-11-13/h8,10,13,19H,2-7,9,11-12H2,1H3. The lowest BCUT2D eigenvalue weighted by atomic mass is 10.0. The summed E-state index contributed by atoms with van der Waals surface area (Å²) < 4.78 is 1.94. The highest BCUT2D eigenvalue weighted by molar-refractivity contribution is 7.11. The molecule has 2 aromatic heterocycles. The van der Waals surface area contributed by atoms with E-state index in [4.69, 9.17) is 4.98 Å². The van der Waals surface area contributed by atoms with E-state index in [1.807, 2.05) is 24.0 Å².